The maximum Gasteiger partial charge on any atom is 0.326 e. The Balaban J connectivity index is 1.70. The number of ketones is 1. The number of ether oxygens (including phenoxy) is 3. The van der Waals surface area contributed by atoms with E-state index >= 15 is 0 Å². The number of rotatable bonds is 13. The topological polar surface area (TPSA) is 216 Å². The summed E-state index contributed by atoms with van der Waals surface area (Å²) in [4.78, 5) is 80.2. The van der Waals surface area contributed by atoms with Crippen LogP contribution in [0, 0.1) is 11.3 Å². The van der Waals surface area contributed by atoms with E-state index in [-0.39, 0.29) is 42.4 Å². The van der Waals surface area contributed by atoms with E-state index in [2.05, 4.69) is 0 Å². The lowest BCUT2D eigenvalue weighted by Gasteiger charge is -2.41. The van der Waals surface area contributed by atoms with Gasteiger partial charge in [-0.2, -0.15) is 0 Å². The number of piperazine rings is 1. The summed E-state index contributed by atoms with van der Waals surface area (Å²) in [6.07, 6.45) is 6.14. The number of hydrogen-bond acceptors (Lipinski definition) is 11. The van der Waals surface area contributed by atoms with Crippen molar-refractivity contribution in [2.24, 2.45) is 17.4 Å². The lowest BCUT2D eigenvalue weighted by molar-refractivity contribution is -0.161. The maximum atomic E-state index is 13.5. The molecule has 1 aliphatic heterocycles. The van der Waals surface area contributed by atoms with Gasteiger partial charge in [-0.15, -0.1) is 0 Å². The molecule has 1 saturated heterocycles. The number of amidine groups is 1. The number of nitrogens with one attached hydrogen (secondary N) is 1. The molecule has 248 valence electrons. The normalized spacial score (nSPS) is 21.4. The van der Waals surface area contributed by atoms with Crippen LogP contribution in [0.5, 0.6) is 0 Å². The van der Waals surface area contributed by atoms with Crippen LogP contribution in [-0.2, 0) is 38.2 Å². The van der Waals surface area contributed by atoms with Gasteiger partial charge in [-0.25, -0.2) is 0 Å². The summed E-state index contributed by atoms with van der Waals surface area (Å²) < 4.78 is 15.3. The molecule has 1 aromatic rings. The smallest absolute Gasteiger partial charge is 0.326 e. The molecule has 2 atom stereocenters. The van der Waals surface area contributed by atoms with E-state index in [1.807, 2.05) is 0 Å². The highest BCUT2D eigenvalue weighted by Gasteiger charge is 2.42. The molecule has 2 aliphatic rings. The second-order valence-corrected chi connectivity index (χ2v) is 11.0. The van der Waals surface area contributed by atoms with Gasteiger partial charge in [0.15, 0.2) is 12.2 Å². The fourth-order valence-corrected chi connectivity index (χ4v) is 5.09. The Labute approximate surface area is 266 Å². The summed E-state index contributed by atoms with van der Waals surface area (Å²) in [5, 5.41) is 7.81. The predicted molar refractivity (Wildman–Crippen MR) is 164 cm³/mol. The Hall–Kier alpha value is -4.89. The number of likely N-dealkylation sites (N-methyl/N-ethyl adjacent to an activating group) is 1. The number of methoxy groups -OCH3 is 2. The zero-order chi connectivity index (χ0) is 34.2. The van der Waals surface area contributed by atoms with Crippen LogP contribution in [0.25, 0.3) is 0 Å². The number of nitrogens with zero attached hydrogens (tertiary/aromatic N) is 3. The summed E-state index contributed by atoms with van der Waals surface area (Å²) in [7, 11) is 5.53. The molecule has 0 saturated carbocycles. The van der Waals surface area contributed by atoms with E-state index in [1.54, 1.807) is 48.6 Å². The van der Waals surface area contributed by atoms with Crippen LogP contribution in [0.4, 0.5) is 0 Å². The molecular weight excluding hydrogens is 600 g/mol. The number of nitrogen functional groups attached to an aromatic ring is 1. The number of nitrogens with two attached hydrogens (primary N) is 2. The summed E-state index contributed by atoms with van der Waals surface area (Å²) in [5.41, 5.74) is 11.0. The minimum absolute atomic E-state index is 0.0168. The number of carbonyl (C=O) groups is 6. The molecule has 1 aromatic carbocycles. The maximum absolute atomic E-state index is 13.5. The van der Waals surface area contributed by atoms with Gasteiger partial charge in [0.2, 0.25) is 17.6 Å². The van der Waals surface area contributed by atoms with Crippen LogP contribution in [0.15, 0.2) is 48.6 Å². The number of carbonyl (C=O) groups excluding carboxylic acids is 6. The SMILES string of the molecule is COC(=O)C[C@H]1C(=O)N(CC(=O)OCC(=O)N(C)C)CCN1C(=O)[C@@H](N)CC1C=CC(OC)(C(=O)c2ccccc2C(=N)N)C=C1. The van der Waals surface area contributed by atoms with Crippen LogP contribution in [0.3, 0.4) is 0 Å². The minimum Gasteiger partial charge on any atom is -0.469 e. The first-order valence-electron chi connectivity index (χ1n) is 14.4. The van der Waals surface area contributed by atoms with Crippen molar-refractivity contribution in [1.82, 2.24) is 14.7 Å². The van der Waals surface area contributed by atoms with Crippen molar-refractivity contribution in [3.63, 3.8) is 0 Å². The monoisotopic (exact) mass is 640 g/mol. The van der Waals surface area contributed by atoms with Crippen molar-refractivity contribution in [2.45, 2.75) is 30.5 Å². The highest BCUT2D eigenvalue weighted by atomic mass is 16.5. The molecule has 0 bridgehead atoms. The molecule has 1 fully saturated rings. The first kappa shape index (κ1) is 35.6. The van der Waals surface area contributed by atoms with E-state index in [1.165, 1.54) is 31.0 Å². The molecule has 0 radical (unpaired) electrons. The van der Waals surface area contributed by atoms with Crippen LogP contribution in [0.2, 0.25) is 0 Å². The standard InChI is InChI=1S/C31H40N6O9/c1-35(2)24(38)18-46-26(40)17-36-13-14-37(23(30(36)43)16-25(39)44-3)29(42)22(32)15-19-9-11-31(45-4,12-10-19)27(41)20-7-5-6-8-21(20)28(33)34/h5-12,19,22-23H,13-18,32H2,1-4H3,(H3,33,34)/t19?,22-,23-,31?/m0/s1. The van der Waals surface area contributed by atoms with Crippen molar-refractivity contribution in [1.29, 1.82) is 5.41 Å². The van der Waals surface area contributed by atoms with Crippen LogP contribution >= 0.6 is 0 Å². The largest absolute Gasteiger partial charge is 0.469 e. The Morgan fingerprint density at radius 3 is 2.24 bits per heavy atom. The third kappa shape index (κ3) is 8.22. The van der Waals surface area contributed by atoms with Crippen molar-refractivity contribution >= 4 is 41.3 Å². The van der Waals surface area contributed by atoms with Crippen molar-refractivity contribution in [3.8, 4) is 0 Å². The lowest BCUT2D eigenvalue weighted by Crippen LogP contribution is -2.62. The molecule has 0 aromatic heterocycles. The second-order valence-electron chi connectivity index (χ2n) is 11.0. The second kappa shape index (κ2) is 15.4. The molecule has 1 aliphatic carbocycles. The summed E-state index contributed by atoms with van der Waals surface area (Å²) in [6, 6.07) is 4.09. The summed E-state index contributed by atoms with van der Waals surface area (Å²) in [5.74, 6) is -4.32. The van der Waals surface area contributed by atoms with E-state index in [0.29, 0.717) is 0 Å². The molecule has 1 heterocycles. The van der Waals surface area contributed by atoms with E-state index in [0.717, 1.165) is 12.0 Å². The molecule has 46 heavy (non-hydrogen) atoms. The summed E-state index contributed by atoms with van der Waals surface area (Å²) in [6.45, 7) is -1.01. The van der Waals surface area contributed by atoms with E-state index in [4.69, 9.17) is 31.1 Å². The molecular formula is C31H40N6O9. The molecule has 0 spiro atoms. The van der Waals surface area contributed by atoms with Gasteiger partial charge in [0.05, 0.1) is 19.6 Å². The first-order chi connectivity index (χ1) is 21.7. The average molecular weight is 641 g/mol. The molecule has 3 amide bonds. The van der Waals surface area contributed by atoms with Gasteiger partial charge in [0, 0.05) is 45.4 Å². The average Bonchev–Trinajstić information content (AvgIpc) is 3.05. The highest BCUT2D eigenvalue weighted by Crippen LogP contribution is 2.30. The number of hydrogen-bond donors (Lipinski definition) is 3. The zero-order valence-electron chi connectivity index (χ0n) is 26.3. The number of Topliss-reactive ketones (excluding diaryl/α,β-unsaturated/α-hetero) is 1. The van der Waals surface area contributed by atoms with Crippen LogP contribution in [0.1, 0.15) is 28.8 Å². The Morgan fingerprint density at radius 1 is 1.04 bits per heavy atom. The van der Waals surface area contributed by atoms with Gasteiger partial charge < -0.3 is 40.4 Å². The predicted octanol–water partition coefficient (Wildman–Crippen LogP) is -0.768. The number of benzene rings is 1. The molecule has 0 unspecified atom stereocenters. The Kier molecular flexibility index (Phi) is 11.9. The summed E-state index contributed by atoms with van der Waals surface area (Å²) >= 11 is 0. The van der Waals surface area contributed by atoms with Crippen molar-refractivity contribution < 1.29 is 43.0 Å². The van der Waals surface area contributed by atoms with Crippen LogP contribution in [-0.4, -0.2) is 128 Å². The van der Waals surface area contributed by atoms with Gasteiger partial charge in [-0.3, -0.25) is 34.2 Å². The third-order valence-corrected chi connectivity index (χ3v) is 7.81. The van der Waals surface area contributed by atoms with Gasteiger partial charge >= 0.3 is 11.9 Å². The highest BCUT2D eigenvalue weighted by molar-refractivity contribution is 6.13. The number of allylic oxidation sites excluding steroid dienone is 2. The van der Waals surface area contributed by atoms with E-state index in [9.17, 15) is 28.8 Å². The van der Waals surface area contributed by atoms with Crippen molar-refractivity contribution in [3.05, 3.63) is 59.7 Å². The van der Waals surface area contributed by atoms with Gasteiger partial charge in [0.25, 0.3) is 5.91 Å². The van der Waals surface area contributed by atoms with Crippen LogP contribution < -0.4 is 11.5 Å². The third-order valence-electron chi connectivity index (χ3n) is 7.81. The molecule has 3 rings (SSSR count). The fraction of sp³-hybridized carbons (Fsp3) is 0.452. The molecule has 15 nitrogen and oxygen atoms in total. The van der Waals surface area contributed by atoms with E-state index < -0.39 is 72.7 Å². The van der Waals surface area contributed by atoms with Gasteiger partial charge in [0.1, 0.15) is 18.4 Å². The quantitative estimate of drug-likeness (QED) is 0.0800. The molecule has 5 N–H and O–H groups in total. The fourth-order valence-electron chi connectivity index (χ4n) is 5.09. The lowest BCUT2D eigenvalue weighted by atomic mass is 9.83. The van der Waals surface area contributed by atoms with Gasteiger partial charge in [-0.05, 0) is 24.5 Å². The Bertz CT molecular complexity index is 1420. The minimum atomic E-state index is -1.47. The molecule has 15 heteroatoms. The first-order valence-corrected chi connectivity index (χ1v) is 14.4. The number of amides is 3. The Morgan fingerprint density at radius 2 is 1.67 bits per heavy atom. The van der Waals surface area contributed by atoms with Gasteiger partial charge in [-0.1, -0.05) is 36.4 Å². The number of esters is 2. The van der Waals surface area contributed by atoms with Crippen molar-refractivity contribution in [2.75, 3.05) is 54.6 Å². The zero-order valence-corrected chi connectivity index (χ0v) is 26.3.